The van der Waals surface area contributed by atoms with E-state index in [0.29, 0.717) is 45.6 Å². The summed E-state index contributed by atoms with van der Waals surface area (Å²) in [6.07, 6.45) is 2.87. The van der Waals surface area contributed by atoms with E-state index in [-0.39, 0.29) is 28.5 Å². The van der Waals surface area contributed by atoms with E-state index in [4.69, 9.17) is 4.74 Å². The third kappa shape index (κ3) is 9.18. The van der Waals surface area contributed by atoms with Crippen molar-refractivity contribution in [2.75, 3.05) is 26.3 Å². The second-order valence-electron chi connectivity index (χ2n) is 9.74. The van der Waals surface area contributed by atoms with Crippen LogP contribution in [0.1, 0.15) is 32.3 Å². The molecule has 1 heterocycles. The van der Waals surface area contributed by atoms with Crippen LogP contribution in [0.3, 0.4) is 0 Å². The van der Waals surface area contributed by atoms with Crippen LogP contribution in [-0.2, 0) is 25.8 Å². The first-order valence-corrected chi connectivity index (χ1v) is 14.4. The summed E-state index contributed by atoms with van der Waals surface area (Å²) in [5, 5.41) is 16.5. The summed E-state index contributed by atoms with van der Waals surface area (Å²) >= 11 is 0. The molecule has 1 saturated heterocycles. The predicted molar refractivity (Wildman–Crippen MR) is 145 cm³/mol. The number of aromatic hydroxyl groups is 1. The number of carbonyl (C=O) groups excluding carboxylic acids is 2. The van der Waals surface area contributed by atoms with Gasteiger partial charge in [-0.15, -0.1) is 0 Å². The lowest BCUT2D eigenvalue weighted by Gasteiger charge is -2.30. The highest BCUT2D eigenvalue weighted by atomic mass is 32.2. The van der Waals surface area contributed by atoms with Crippen LogP contribution in [0.4, 0.5) is 4.79 Å². The molecule has 3 amide bonds. The van der Waals surface area contributed by atoms with Crippen molar-refractivity contribution in [1.29, 1.82) is 0 Å². The average molecular weight is 544 g/mol. The van der Waals surface area contributed by atoms with Gasteiger partial charge in [-0.25, -0.2) is 13.2 Å². The second-order valence-corrected chi connectivity index (χ2v) is 11.6. The molecular formula is C28H37N3O6S. The van der Waals surface area contributed by atoms with Gasteiger partial charge in [0, 0.05) is 24.5 Å². The number of nitrogens with zero attached hydrogens (tertiary/aromatic N) is 1. The van der Waals surface area contributed by atoms with Crippen LogP contribution in [-0.4, -0.2) is 68.7 Å². The van der Waals surface area contributed by atoms with E-state index in [1.807, 2.05) is 13.8 Å². The lowest BCUT2D eigenvalue weighted by Crippen LogP contribution is -2.54. The van der Waals surface area contributed by atoms with Gasteiger partial charge < -0.3 is 25.4 Å². The zero-order valence-corrected chi connectivity index (χ0v) is 22.7. The van der Waals surface area contributed by atoms with Gasteiger partial charge >= 0.3 is 6.03 Å². The molecule has 38 heavy (non-hydrogen) atoms. The number of ether oxygens (including phenoxy) is 1. The number of morpholine rings is 1. The van der Waals surface area contributed by atoms with E-state index in [0.717, 1.165) is 11.0 Å². The summed E-state index contributed by atoms with van der Waals surface area (Å²) in [7, 11) is -3.71. The second kappa shape index (κ2) is 14.0. The maximum atomic E-state index is 13.4. The predicted octanol–water partition coefficient (Wildman–Crippen LogP) is 3.25. The first kappa shape index (κ1) is 29.2. The topological polar surface area (TPSA) is 125 Å². The zero-order valence-electron chi connectivity index (χ0n) is 21.9. The number of urea groups is 1. The van der Waals surface area contributed by atoms with Gasteiger partial charge in [0.25, 0.3) is 0 Å². The van der Waals surface area contributed by atoms with Gasteiger partial charge in [-0.05, 0) is 55.0 Å². The van der Waals surface area contributed by atoms with Crippen LogP contribution < -0.4 is 10.6 Å². The fourth-order valence-electron chi connectivity index (χ4n) is 4.08. The third-order valence-corrected chi connectivity index (χ3v) is 7.63. The standard InChI is InChI=1S/C28H37N3O6S/c1-21(2)20-26(30-28(34)31-15-17-37-18-16-31)27(33)29-23(11-8-22-9-12-24(32)13-10-22)14-19-38(35,36)25-6-4-3-5-7-25/h3-7,9-10,12-14,19,21,23,26,32H,8,11,15-18,20H2,1-2H3,(H,29,33)(H,30,34)/b19-14+/t23-,26-/m0/s1. The van der Waals surface area contributed by atoms with Crippen molar-refractivity contribution in [1.82, 2.24) is 15.5 Å². The molecule has 3 N–H and O–H groups in total. The van der Waals surface area contributed by atoms with Gasteiger partial charge in [0.15, 0.2) is 9.84 Å². The molecule has 1 aliphatic rings. The van der Waals surface area contributed by atoms with Crippen LogP contribution in [0.2, 0.25) is 0 Å². The van der Waals surface area contributed by atoms with Crippen LogP contribution in [0.25, 0.3) is 0 Å². The molecule has 0 spiro atoms. The number of aryl methyl sites for hydroxylation is 1. The molecule has 0 radical (unpaired) electrons. The Balaban J connectivity index is 1.76. The lowest BCUT2D eigenvalue weighted by atomic mass is 10.0. The molecule has 0 aromatic heterocycles. The highest BCUT2D eigenvalue weighted by Gasteiger charge is 2.27. The number of amides is 3. The lowest BCUT2D eigenvalue weighted by molar-refractivity contribution is -0.123. The largest absolute Gasteiger partial charge is 0.508 e. The molecule has 10 heteroatoms. The Morgan fingerprint density at radius 3 is 2.32 bits per heavy atom. The van der Waals surface area contributed by atoms with Crippen molar-refractivity contribution in [3.63, 3.8) is 0 Å². The summed E-state index contributed by atoms with van der Waals surface area (Å²) in [6, 6.07) is 13.1. The number of phenols is 1. The Bertz CT molecular complexity index is 1180. The number of nitrogens with one attached hydrogen (secondary N) is 2. The normalized spacial score (nSPS) is 15.8. The number of carbonyl (C=O) groups is 2. The SMILES string of the molecule is CC(C)C[C@H](NC(=O)N1CCOCC1)C(=O)N[C@H](/C=C/S(=O)(=O)c1ccccc1)CCc1ccc(O)cc1. The maximum absolute atomic E-state index is 13.4. The summed E-state index contributed by atoms with van der Waals surface area (Å²) in [5.74, 6) is -0.0852. The zero-order chi connectivity index (χ0) is 27.5. The minimum Gasteiger partial charge on any atom is -0.508 e. The number of hydrogen-bond acceptors (Lipinski definition) is 6. The minimum absolute atomic E-state index is 0.139. The van der Waals surface area contributed by atoms with Crippen molar-refractivity contribution in [3.8, 4) is 5.75 Å². The minimum atomic E-state index is -3.71. The Morgan fingerprint density at radius 1 is 1.03 bits per heavy atom. The van der Waals surface area contributed by atoms with Crippen molar-refractivity contribution in [2.45, 2.75) is 50.1 Å². The third-order valence-electron chi connectivity index (χ3n) is 6.19. The fourth-order valence-corrected chi connectivity index (χ4v) is 5.17. The first-order chi connectivity index (χ1) is 18.1. The molecule has 206 valence electrons. The van der Waals surface area contributed by atoms with Gasteiger partial charge in [-0.2, -0.15) is 0 Å². The number of benzene rings is 2. The van der Waals surface area contributed by atoms with Crippen LogP contribution in [0.5, 0.6) is 5.75 Å². The monoisotopic (exact) mass is 543 g/mol. The Labute approximate surface area is 224 Å². The van der Waals surface area contributed by atoms with Gasteiger partial charge in [-0.3, -0.25) is 4.79 Å². The van der Waals surface area contributed by atoms with E-state index in [1.165, 1.54) is 18.2 Å². The highest BCUT2D eigenvalue weighted by Crippen LogP contribution is 2.16. The molecule has 0 unspecified atom stereocenters. The summed E-state index contributed by atoms with van der Waals surface area (Å²) in [5.41, 5.74) is 0.931. The summed E-state index contributed by atoms with van der Waals surface area (Å²) < 4.78 is 31.0. The number of phenolic OH excluding ortho intramolecular Hbond substituents is 1. The molecule has 3 rings (SSSR count). The van der Waals surface area contributed by atoms with E-state index < -0.39 is 21.9 Å². The van der Waals surface area contributed by atoms with Gasteiger partial charge in [-0.1, -0.05) is 50.3 Å². The molecule has 0 bridgehead atoms. The smallest absolute Gasteiger partial charge is 0.318 e. The number of hydrogen-bond donors (Lipinski definition) is 3. The van der Waals surface area contributed by atoms with Gasteiger partial charge in [0.2, 0.25) is 5.91 Å². The number of rotatable bonds is 11. The quantitative estimate of drug-likeness (QED) is 0.400. The number of sulfone groups is 1. The molecule has 2 aromatic carbocycles. The molecule has 0 saturated carbocycles. The molecule has 1 fully saturated rings. The van der Waals surface area contributed by atoms with E-state index in [9.17, 15) is 23.1 Å². The first-order valence-electron chi connectivity index (χ1n) is 12.8. The Morgan fingerprint density at radius 2 is 1.68 bits per heavy atom. The van der Waals surface area contributed by atoms with E-state index in [1.54, 1.807) is 47.4 Å². The molecule has 0 aliphatic carbocycles. The summed E-state index contributed by atoms with van der Waals surface area (Å²) in [6.45, 7) is 5.75. The summed E-state index contributed by atoms with van der Waals surface area (Å²) in [4.78, 5) is 28.0. The molecule has 9 nitrogen and oxygen atoms in total. The Kier molecular flexibility index (Phi) is 10.7. The van der Waals surface area contributed by atoms with Gasteiger partial charge in [0.05, 0.1) is 18.1 Å². The van der Waals surface area contributed by atoms with Crippen molar-refractivity contribution < 1.29 is 27.9 Å². The van der Waals surface area contributed by atoms with Gasteiger partial charge in [0.1, 0.15) is 11.8 Å². The van der Waals surface area contributed by atoms with E-state index in [2.05, 4.69) is 10.6 Å². The van der Waals surface area contributed by atoms with Crippen LogP contribution in [0, 0.1) is 5.92 Å². The van der Waals surface area contributed by atoms with Crippen LogP contribution in [0.15, 0.2) is 71.0 Å². The molecule has 2 atom stereocenters. The maximum Gasteiger partial charge on any atom is 0.318 e. The van der Waals surface area contributed by atoms with E-state index >= 15 is 0 Å². The molecule has 2 aromatic rings. The van der Waals surface area contributed by atoms with Crippen molar-refractivity contribution in [3.05, 3.63) is 71.6 Å². The highest BCUT2D eigenvalue weighted by molar-refractivity contribution is 7.94. The van der Waals surface area contributed by atoms with Crippen molar-refractivity contribution >= 4 is 21.8 Å². The fraction of sp³-hybridized carbons (Fsp3) is 0.429. The molecule has 1 aliphatic heterocycles. The Hall–Kier alpha value is -3.37. The van der Waals surface area contributed by atoms with Crippen molar-refractivity contribution in [2.24, 2.45) is 5.92 Å². The average Bonchev–Trinajstić information content (AvgIpc) is 2.91. The van der Waals surface area contributed by atoms with Crippen LogP contribution >= 0.6 is 0 Å². The molecular weight excluding hydrogens is 506 g/mol.